The summed E-state index contributed by atoms with van der Waals surface area (Å²) in [6.45, 7) is 11.2. The number of nitrogens with one attached hydrogen (secondary N) is 1. The maximum Gasteiger partial charge on any atom is 0.322 e. The number of aryl methyl sites for hydroxylation is 1. The Kier molecular flexibility index (Phi) is 7.53. The van der Waals surface area contributed by atoms with Crippen LogP contribution in [0.15, 0.2) is 28.9 Å². The Morgan fingerprint density at radius 3 is 2.72 bits per heavy atom. The first kappa shape index (κ1) is 24.6. The van der Waals surface area contributed by atoms with Gasteiger partial charge in [-0.1, -0.05) is 25.5 Å². The van der Waals surface area contributed by atoms with Gasteiger partial charge in [0.15, 0.2) is 0 Å². The van der Waals surface area contributed by atoms with Crippen LogP contribution in [-0.4, -0.2) is 32.2 Å². The Labute approximate surface area is 192 Å². The molecule has 1 N–H and O–H groups in total. The molecule has 2 aliphatic carbocycles. The zero-order valence-corrected chi connectivity index (χ0v) is 20.3. The highest BCUT2D eigenvalue weighted by Gasteiger charge is 2.57. The molecular weight excluding hydrogens is 406 g/mol. The fourth-order valence-electron chi connectivity index (χ4n) is 6.51. The zero-order valence-electron chi connectivity index (χ0n) is 20.3. The molecule has 0 aliphatic heterocycles. The summed E-state index contributed by atoms with van der Waals surface area (Å²) in [4.78, 5) is 24.4. The van der Waals surface area contributed by atoms with Gasteiger partial charge < -0.3 is 13.9 Å². The molecule has 1 aromatic rings. The quantitative estimate of drug-likeness (QED) is 0.457. The lowest BCUT2D eigenvalue weighted by Gasteiger charge is -2.57. The van der Waals surface area contributed by atoms with Crippen LogP contribution in [0.5, 0.6) is 0 Å². The Hall–Kier alpha value is -2.08. The molecule has 32 heavy (non-hydrogen) atoms. The van der Waals surface area contributed by atoms with Crippen LogP contribution in [0.4, 0.5) is 0 Å². The molecule has 0 unspecified atom stereocenters. The first-order valence-corrected chi connectivity index (χ1v) is 11.8. The van der Waals surface area contributed by atoms with E-state index >= 15 is 0 Å². The minimum atomic E-state index is -0.421. The molecule has 6 nitrogen and oxygen atoms in total. The molecule has 5 atom stereocenters. The van der Waals surface area contributed by atoms with Gasteiger partial charge in [-0.15, -0.1) is 0 Å². The number of hydrogen-bond donors (Lipinski definition) is 1. The van der Waals surface area contributed by atoms with E-state index in [2.05, 4.69) is 25.7 Å². The molecule has 3 rings (SSSR count). The Morgan fingerprint density at radius 1 is 1.28 bits per heavy atom. The second-order valence-electron chi connectivity index (χ2n) is 10.1. The SMILES string of the molecule is C=C1CC[C@@H]2[C@](C)(CCC[C@]2(C)C(=O)OC)[C@@H]1CCc1ccoc1CN[C@H](C)C(=O)OC. The number of furan rings is 1. The van der Waals surface area contributed by atoms with Gasteiger partial charge in [-0.05, 0) is 81.3 Å². The van der Waals surface area contributed by atoms with Crippen molar-refractivity contribution < 1.29 is 23.5 Å². The number of rotatable bonds is 8. The summed E-state index contributed by atoms with van der Waals surface area (Å²) in [5, 5.41) is 3.17. The number of hydrogen-bond acceptors (Lipinski definition) is 6. The monoisotopic (exact) mass is 445 g/mol. The largest absolute Gasteiger partial charge is 0.469 e. The number of allylic oxidation sites excluding steroid dienone is 1. The number of carbonyl (C=O) groups is 2. The van der Waals surface area contributed by atoms with E-state index in [1.54, 1.807) is 13.2 Å². The third-order valence-corrected chi connectivity index (χ3v) is 8.33. The van der Waals surface area contributed by atoms with Crippen molar-refractivity contribution in [2.45, 2.75) is 78.3 Å². The molecule has 2 fully saturated rings. The lowest BCUT2D eigenvalue weighted by Crippen LogP contribution is -2.53. The zero-order chi connectivity index (χ0) is 23.5. The van der Waals surface area contributed by atoms with Crippen LogP contribution in [0.25, 0.3) is 0 Å². The molecule has 2 aliphatic rings. The fraction of sp³-hybridized carbons (Fsp3) is 0.692. The summed E-state index contributed by atoms with van der Waals surface area (Å²) < 4.78 is 15.7. The Bertz CT molecular complexity index is 845. The summed E-state index contributed by atoms with van der Waals surface area (Å²) >= 11 is 0. The van der Waals surface area contributed by atoms with Gasteiger partial charge >= 0.3 is 11.9 Å². The Balaban J connectivity index is 1.72. The summed E-state index contributed by atoms with van der Waals surface area (Å²) in [6.07, 6.45) is 8.58. The van der Waals surface area contributed by atoms with Crippen molar-refractivity contribution in [2.75, 3.05) is 14.2 Å². The lowest BCUT2D eigenvalue weighted by molar-refractivity contribution is -0.168. The minimum absolute atomic E-state index is 0.0398. The average Bonchev–Trinajstić information content (AvgIpc) is 3.22. The fourth-order valence-corrected chi connectivity index (χ4v) is 6.51. The van der Waals surface area contributed by atoms with Gasteiger partial charge in [0.25, 0.3) is 0 Å². The van der Waals surface area contributed by atoms with E-state index in [-0.39, 0.29) is 17.4 Å². The molecule has 0 aromatic carbocycles. The lowest BCUT2D eigenvalue weighted by atomic mass is 9.46. The third-order valence-electron chi connectivity index (χ3n) is 8.33. The molecule has 0 bridgehead atoms. The normalized spacial score (nSPS) is 31.0. The van der Waals surface area contributed by atoms with Gasteiger partial charge in [-0.2, -0.15) is 0 Å². The number of ether oxygens (including phenoxy) is 2. The third kappa shape index (κ3) is 4.52. The van der Waals surface area contributed by atoms with Crippen molar-refractivity contribution in [3.05, 3.63) is 35.8 Å². The van der Waals surface area contributed by atoms with E-state index in [4.69, 9.17) is 13.9 Å². The maximum absolute atomic E-state index is 12.8. The second kappa shape index (κ2) is 9.82. The van der Waals surface area contributed by atoms with Crippen LogP contribution in [0, 0.1) is 22.7 Å². The smallest absolute Gasteiger partial charge is 0.322 e. The van der Waals surface area contributed by atoms with Gasteiger partial charge in [0, 0.05) is 0 Å². The number of fused-ring (bicyclic) bond motifs is 1. The number of carbonyl (C=O) groups excluding carboxylic acids is 2. The van der Waals surface area contributed by atoms with Crippen molar-refractivity contribution in [3.63, 3.8) is 0 Å². The predicted molar refractivity (Wildman–Crippen MR) is 123 cm³/mol. The maximum atomic E-state index is 12.8. The second-order valence-corrected chi connectivity index (χ2v) is 10.1. The minimum Gasteiger partial charge on any atom is -0.469 e. The van der Waals surface area contributed by atoms with Gasteiger partial charge in [-0.3, -0.25) is 14.9 Å². The van der Waals surface area contributed by atoms with Crippen LogP contribution in [0.2, 0.25) is 0 Å². The average molecular weight is 446 g/mol. The highest BCUT2D eigenvalue weighted by atomic mass is 16.5. The van der Waals surface area contributed by atoms with Gasteiger partial charge in [0.2, 0.25) is 0 Å². The van der Waals surface area contributed by atoms with E-state index in [9.17, 15) is 9.59 Å². The van der Waals surface area contributed by atoms with Gasteiger partial charge in [0.1, 0.15) is 11.8 Å². The molecule has 2 saturated carbocycles. The van der Waals surface area contributed by atoms with E-state index in [0.29, 0.717) is 18.4 Å². The van der Waals surface area contributed by atoms with Crippen molar-refractivity contribution >= 4 is 11.9 Å². The summed E-state index contributed by atoms with van der Waals surface area (Å²) in [5.41, 5.74) is 2.08. The van der Waals surface area contributed by atoms with E-state index < -0.39 is 11.5 Å². The molecule has 0 spiro atoms. The summed E-state index contributed by atoms with van der Waals surface area (Å²) in [5.74, 6) is 1.16. The van der Waals surface area contributed by atoms with Crippen LogP contribution in [0.1, 0.15) is 70.6 Å². The molecule has 0 amide bonds. The molecule has 0 saturated heterocycles. The highest BCUT2D eigenvalue weighted by molar-refractivity contribution is 5.77. The molecule has 1 heterocycles. The summed E-state index contributed by atoms with van der Waals surface area (Å²) in [6, 6.07) is 1.62. The van der Waals surface area contributed by atoms with Crippen molar-refractivity contribution in [3.8, 4) is 0 Å². The van der Waals surface area contributed by atoms with Crippen LogP contribution in [-0.2, 0) is 32.0 Å². The molecular formula is C26H39NO5. The van der Waals surface area contributed by atoms with Crippen LogP contribution >= 0.6 is 0 Å². The van der Waals surface area contributed by atoms with Crippen molar-refractivity contribution in [2.24, 2.45) is 22.7 Å². The van der Waals surface area contributed by atoms with E-state index in [1.165, 1.54) is 19.8 Å². The van der Waals surface area contributed by atoms with Gasteiger partial charge in [0.05, 0.1) is 32.4 Å². The molecule has 0 radical (unpaired) electrons. The standard InChI is InChI=1S/C26H39NO5/c1-17-8-11-22-25(3,13-7-14-26(22,4)24(29)31-6)20(17)10-9-19-12-15-32-21(19)16-27-18(2)23(28)30-5/h12,15,18,20,22,27H,1,7-11,13-14,16H2,2-6H3/t18-,20-,22-,25-,26+/m1/s1. The molecule has 6 heteroatoms. The molecule has 1 aromatic heterocycles. The van der Waals surface area contributed by atoms with Gasteiger partial charge in [-0.25, -0.2) is 0 Å². The van der Waals surface area contributed by atoms with E-state index in [1.807, 2.05) is 6.07 Å². The highest BCUT2D eigenvalue weighted by Crippen LogP contribution is 2.62. The van der Waals surface area contributed by atoms with Crippen LogP contribution < -0.4 is 5.32 Å². The number of methoxy groups -OCH3 is 2. The van der Waals surface area contributed by atoms with Crippen molar-refractivity contribution in [1.29, 1.82) is 0 Å². The Morgan fingerprint density at radius 2 is 2.03 bits per heavy atom. The number of esters is 2. The van der Waals surface area contributed by atoms with Crippen molar-refractivity contribution in [1.82, 2.24) is 5.32 Å². The van der Waals surface area contributed by atoms with E-state index in [0.717, 1.165) is 56.3 Å². The predicted octanol–water partition coefficient (Wildman–Crippen LogP) is 4.82. The van der Waals surface area contributed by atoms with Crippen LogP contribution in [0.3, 0.4) is 0 Å². The summed E-state index contributed by atoms with van der Waals surface area (Å²) in [7, 11) is 2.90. The first-order chi connectivity index (χ1) is 15.2. The topological polar surface area (TPSA) is 77.8 Å². The first-order valence-electron chi connectivity index (χ1n) is 11.8. The molecule has 178 valence electrons.